The summed E-state index contributed by atoms with van der Waals surface area (Å²) >= 11 is 0. The third-order valence-electron chi connectivity index (χ3n) is 6.86. The van der Waals surface area contributed by atoms with E-state index in [2.05, 4.69) is 40.7 Å². The van der Waals surface area contributed by atoms with Crippen LogP contribution in [0.1, 0.15) is 79.6 Å². The second-order valence-corrected chi connectivity index (χ2v) is 9.30. The molecule has 2 aliphatic carbocycles. The molecule has 0 aromatic rings. The zero-order valence-electron chi connectivity index (χ0n) is 15.1. The third kappa shape index (κ3) is 3.28. The molecule has 0 spiro atoms. The maximum absolute atomic E-state index is 10.8. The first-order chi connectivity index (χ1) is 10.1. The van der Waals surface area contributed by atoms with Gasteiger partial charge in [-0.3, -0.25) is 0 Å². The molecule has 3 aliphatic rings. The lowest BCUT2D eigenvalue weighted by Crippen LogP contribution is -2.32. The van der Waals surface area contributed by atoms with Gasteiger partial charge in [0.2, 0.25) is 0 Å². The first kappa shape index (κ1) is 16.5. The number of fused-ring (bicyclic) bond motifs is 1. The van der Waals surface area contributed by atoms with Crippen molar-refractivity contribution >= 4 is 0 Å². The Morgan fingerprint density at radius 1 is 1.18 bits per heavy atom. The molecule has 0 aromatic carbocycles. The lowest BCUT2D eigenvalue weighted by atomic mass is 9.72. The Bertz CT molecular complexity index is 462. The van der Waals surface area contributed by atoms with Gasteiger partial charge in [-0.15, -0.1) is 0 Å². The van der Waals surface area contributed by atoms with Crippen LogP contribution in [-0.4, -0.2) is 22.4 Å². The predicted octanol–water partition coefficient (Wildman–Crippen LogP) is 4.86. The van der Waals surface area contributed by atoms with E-state index in [-0.39, 0.29) is 5.60 Å². The number of allylic oxidation sites excluding steroid dienone is 2. The van der Waals surface area contributed by atoms with Crippen LogP contribution in [0.5, 0.6) is 0 Å². The zero-order valence-corrected chi connectivity index (χ0v) is 15.1. The smallest absolute Gasteiger partial charge is 0.0892 e. The fraction of sp³-hybridized carbons (Fsp3) is 0.900. The fourth-order valence-corrected chi connectivity index (χ4v) is 4.73. The minimum Gasteiger partial charge on any atom is -0.390 e. The van der Waals surface area contributed by atoms with Crippen LogP contribution in [0, 0.1) is 17.3 Å². The number of epoxide rings is 1. The van der Waals surface area contributed by atoms with Gasteiger partial charge in [0.25, 0.3) is 0 Å². The maximum Gasteiger partial charge on any atom is 0.0892 e. The molecule has 22 heavy (non-hydrogen) atoms. The highest BCUT2D eigenvalue weighted by molar-refractivity contribution is 5.10. The van der Waals surface area contributed by atoms with Crippen molar-refractivity contribution < 1.29 is 9.84 Å². The van der Waals surface area contributed by atoms with Crippen LogP contribution in [0.4, 0.5) is 0 Å². The van der Waals surface area contributed by atoms with Gasteiger partial charge in [0, 0.05) is 0 Å². The van der Waals surface area contributed by atoms with Crippen molar-refractivity contribution in [2.75, 3.05) is 0 Å². The van der Waals surface area contributed by atoms with Gasteiger partial charge in [-0.25, -0.2) is 0 Å². The SMILES string of the molecule is C/C1=C\CC[C@@](C)(O)[C@@H]2C[C@H]2[C@](C)(CC[C@H]2OC2(C)C)CC1. The molecule has 1 saturated carbocycles. The van der Waals surface area contributed by atoms with Crippen LogP contribution < -0.4 is 0 Å². The van der Waals surface area contributed by atoms with Crippen molar-refractivity contribution in [2.45, 2.75) is 96.9 Å². The van der Waals surface area contributed by atoms with E-state index in [0.29, 0.717) is 23.4 Å². The van der Waals surface area contributed by atoms with Crippen molar-refractivity contribution in [2.24, 2.45) is 17.3 Å². The van der Waals surface area contributed by atoms with Crippen molar-refractivity contribution in [3.8, 4) is 0 Å². The number of hydrogen-bond acceptors (Lipinski definition) is 2. The van der Waals surface area contributed by atoms with Gasteiger partial charge in [-0.1, -0.05) is 18.6 Å². The van der Waals surface area contributed by atoms with Gasteiger partial charge in [0.05, 0.1) is 17.3 Å². The van der Waals surface area contributed by atoms with Gasteiger partial charge in [0.15, 0.2) is 0 Å². The Hall–Kier alpha value is -0.340. The Balaban J connectivity index is 1.70. The summed E-state index contributed by atoms with van der Waals surface area (Å²) in [5.41, 5.74) is 1.50. The second-order valence-electron chi connectivity index (χ2n) is 9.30. The Morgan fingerprint density at radius 2 is 1.86 bits per heavy atom. The highest BCUT2D eigenvalue weighted by atomic mass is 16.6. The molecule has 2 nitrogen and oxygen atoms in total. The molecule has 5 atom stereocenters. The molecule has 126 valence electrons. The van der Waals surface area contributed by atoms with Gasteiger partial charge in [-0.2, -0.15) is 0 Å². The summed E-state index contributed by atoms with van der Waals surface area (Å²) in [7, 11) is 0. The van der Waals surface area contributed by atoms with Gasteiger partial charge >= 0.3 is 0 Å². The molecule has 1 heterocycles. The number of rotatable bonds is 3. The normalized spacial score (nSPS) is 49.7. The van der Waals surface area contributed by atoms with Crippen molar-refractivity contribution in [3.05, 3.63) is 11.6 Å². The quantitative estimate of drug-likeness (QED) is 0.597. The second kappa shape index (κ2) is 5.34. The van der Waals surface area contributed by atoms with Gasteiger partial charge < -0.3 is 9.84 Å². The summed E-state index contributed by atoms with van der Waals surface area (Å²) in [6, 6.07) is 0. The van der Waals surface area contributed by atoms with Crippen LogP contribution in [0.25, 0.3) is 0 Å². The third-order valence-corrected chi connectivity index (χ3v) is 6.86. The molecule has 1 saturated heterocycles. The molecule has 2 fully saturated rings. The predicted molar refractivity (Wildman–Crippen MR) is 90.7 cm³/mol. The minimum absolute atomic E-state index is 0.108. The van der Waals surface area contributed by atoms with Crippen molar-refractivity contribution in [1.29, 1.82) is 0 Å². The Kier molecular flexibility index (Phi) is 4.01. The van der Waals surface area contributed by atoms with E-state index in [1.165, 1.54) is 37.7 Å². The Morgan fingerprint density at radius 3 is 2.50 bits per heavy atom. The molecular formula is C20H34O2. The molecule has 0 aromatic heterocycles. The van der Waals surface area contributed by atoms with E-state index < -0.39 is 5.60 Å². The van der Waals surface area contributed by atoms with E-state index in [0.717, 1.165) is 12.8 Å². The lowest BCUT2D eigenvalue weighted by Gasteiger charge is -2.34. The number of hydrogen-bond donors (Lipinski definition) is 1. The average Bonchev–Trinajstić information content (AvgIpc) is 3.29. The van der Waals surface area contributed by atoms with Crippen molar-refractivity contribution in [3.63, 3.8) is 0 Å². The maximum atomic E-state index is 10.8. The van der Waals surface area contributed by atoms with Gasteiger partial charge in [-0.05, 0) is 89.9 Å². The minimum atomic E-state index is -0.477. The van der Waals surface area contributed by atoms with Crippen LogP contribution in [-0.2, 0) is 4.74 Å². The number of ether oxygens (including phenoxy) is 1. The first-order valence-corrected chi connectivity index (χ1v) is 9.20. The monoisotopic (exact) mass is 306 g/mol. The van der Waals surface area contributed by atoms with E-state index in [4.69, 9.17) is 4.74 Å². The number of aliphatic hydroxyl groups is 1. The van der Waals surface area contributed by atoms with E-state index in [1.807, 2.05) is 0 Å². The lowest BCUT2D eigenvalue weighted by molar-refractivity contribution is 0.0117. The summed E-state index contributed by atoms with van der Waals surface area (Å²) < 4.78 is 5.79. The van der Waals surface area contributed by atoms with Crippen LogP contribution >= 0.6 is 0 Å². The summed E-state index contributed by atoms with van der Waals surface area (Å²) in [6.07, 6.45) is 10.9. The largest absolute Gasteiger partial charge is 0.390 e. The highest BCUT2D eigenvalue weighted by Crippen LogP contribution is 2.61. The molecule has 3 rings (SSSR count). The van der Waals surface area contributed by atoms with E-state index in [9.17, 15) is 5.11 Å². The first-order valence-electron chi connectivity index (χ1n) is 9.20. The van der Waals surface area contributed by atoms with Crippen LogP contribution in [0.15, 0.2) is 11.6 Å². The standard InChI is InChI=1S/C20H34O2/c1-14-7-6-10-20(5,21)16-13-15(16)19(4,11-8-14)12-9-17-18(2,3)22-17/h7,15-17,21H,6,8-13H2,1-5H3/b14-7+/t15-,16-,17-,19+,20-/m1/s1. The van der Waals surface area contributed by atoms with Crippen LogP contribution in [0.3, 0.4) is 0 Å². The zero-order chi connectivity index (χ0) is 16.2. The van der Waals surface area contributed by atoms with E-state index >= 15 is 0 Å². The molecule has 0 bridgehead atoms. The summed E-state index contributed by atoms with van der Waals surface area (Å²) in [5, 5.41) is 10.8. The molecule has 1 N–H and O–H groups in total. The summed E-state index contributed by atoms with van der Waals surface area (Å²) in [6.45, 7) is 11.2. The fourth-order valence-electron chi connectivity index (χ4n) is 4.73. The molecule has 1 aliphatic heterocycles. The highest BCUT2D eigenvalue weighted by Gasteiger charge is 2.57. The molecule has 0 amide bonds. The summed E-state index contributed by atoms with van der Waals surface area (Å²) in [5.74, 6) is 1.22. The molecule has 2 heteroatoms. The Labute approximate surface area is 136 Å². The topological polar surface area (TPSA) is 32.8 Å². The van der Waals surface area contributed by atoms with E-state index in [1.54, 1.807) is 0 Å². The van der Waals surface area contributed by atoms with Crippen molar-refractivity contribution in [1.82, 2.24) is 0 Å². The molecule has 0 unspecified atom stereocenters. The van der Waals surface area contributed by atoms with Crippen LogP contribution in [0.2, 0.25) is 0 Å². The van der Waals surface area contributed by atoms with Gasteiger partial charge in [0.1, 0.15) is 0 Å². The average molecular weight is 306 g/mol. The summed E-state index contributed by atoms with van der Waals surface area (Å²) in [4.78, 5) is 0. The molecule has 0 radical (unpaired) electrons. The molecular weight excluding hydrogens is 272 g/mol.